The van der Waals surface area contributed by atoms with Crippen molar-refractivity contribution in [3.63, 3.8) is 0 Å². The van der Waals surface area contributed by atoms with Crippen molar-refractivity contribution in [2.75, 3.05) is 11.9 Å². The summed E-state index contributed by atoms with van der Waals surface area (Å²) in [5, 5.41) is 8.80. The van der Waals surface area contributed by atoms with Crippen molar-refractivity contribution in [2.45, 2.75) is 20.8 Å². The van der Waals surface area contributed by atoms with Crippen LogP contribution in [0.2, 0.25) is 0 Å². The van der Waals surface area contributed by atoms with Crippen LogP contribution in [0.4, 0.5) is 5.69 Å². The molecule has 2 heterocycles. The van der Waals surface area contributed by atoms with Crippen molar-refractivity contribution in [3.05, 3.63) is 102 Å². The SMILES string of the molecule is Cc1cccc(-c2nn(-c3ccccc3)c3nc(OCC(=O)Nc4ccccc4C)cc(C)c23)c1. The van der Waals surface area contributed by atoms with Crippen LogP contribution in [-0.4, -0.2) is 27.3 Å². The number of ether oxygens (including phenoxy) is 1. The summed E-state index contributed by atoms with van der Waals surface area (Å²) < 4.78 is 7.66. The van der Waals surface area contributed by atoms with Crippen LogP contribution in [0.25, 0.3) is 28.0 Å². The first kappa shape index (κ1) is 22.3. The smallest absolute Gasteiger partial charge is 0.262 e. The Morgan fingerprint density at radius 1 is 0.886 bits per heavy atom. The van der Waals surface area contributed by atoms with Crippen LogP contribution in [0.15, 0.2) is 84.9 Å². The lowest BCUT2D eigenvalue weighted by Crippen LogP contribution is -2.21. The van der Waals surface area contributed by atoms with E-state index >= 15 is 0 Å². The molecule has 2 aromatic heterocycles. The van der Waals surface area contributed by atoms with E-state index in [2.05, 4.69) is 30.4 Å². The van der Waals surface area contributed by atoms with Crippen LogP contribution in [-0.2, 0) is 4.79 Å². The number of rotatable bonds is 6. The molecule has 5 rings (SSSR count). The van der Waals surface area contributed by atoms with Gasteiger partial charge >= 0.3 is 0 Å². The van der Waals surface area contributed by atoms with Crippen LogP contribution in [0, 0.1) is 20.8 Å². The first-order valence-electron chi connectivity index (χ1n) is 11.5. The molecule has 1 amide bonds. The van der Waals surface area contributed by atoms with Gasteiger partial charge in [0.25, 0.3) is 5.91 Å². The highest BCUT2D eigenvalue weighted by molar-refractivity contribution is 5.95. The predicted octanol–water partition coefficient (Wildman–Crippen LogP) is 6.03. The molecule has 35 heavy (non-hydrogen) atoms. The lowest BCUT2D eigenvalue weighted by molar-refractivity contribution is -0.118. The van der Waals surface area contributed by atoms with Gasteiger partial charge < -0.3 is 10.1 Å². The van der Waals surface area contributed by atoms with Gasteiger partial charge in [0, 0.05) is 17.3 Å². The van der Waals surface area contributed by atoms with Gasteiger partial charge in [-0.1, -0.05) is 60.2 Å². The second-order valence-electron chi connectivity index (χ2n) is 8.59. The largest absolute Gasteiger partial charge is 0.467 e. The lowest BCUT2D eigenvalue weighted by atomic mass is 10.0. The number of anilines is 1. The standard InChI is InChI=1S/C29H26N4O2/c1-19-10-9-12-22(16-19)28-27-21(3)17-26(31-29(27)33(32-28)23-13-5-4-6-14-23)35-18-25(34)30-24-15-8-7-11-20(24)2/h4-17H,18H2,1-3H3,(H,30,34). The first-order chi connectivity index (χ1) is 17.0. The van der Waals surface area contributed by atoms with Gasteiger partial charge in [-0.15, -0.1) is 0 Å². The van der Waals surface area contributed by atoms with Crippen molar-refractivity contribution in [1.29, 1.82) is 0 Å². The monoisotopic (exact) mass is 462 g/mol. The van der Waals surface area contributed by atoms with Gasteiger partial charge in [0.15, 0.2) is 12.3 Å². The zero-order chi connectivity index (χ0) is 24.4. The minimum atomic E-state index is -0.240. The summed E-state index contributed by atoms with van der Waals surface area (Å²) in [5.41, 5.74) is 7.37. The summed E-state index contributed by atoms with van der Waals surface area (Å²) in [6, 6.07) is 27.7. The van der Waals surface area contributed by atoms with E-state index in [0.717, 1.165) is 44.7 Å². The molecule has 0 spiro atoms. The summed E-state index contributed by atoms with van der Waals surface area (Å²) in [5.74, 6) is 0.138. The summed E-state index contributed by atoms with van der Waals surface area (Å²) in [4.78, 5) is 17.3. The van der Waals surface area contributed by atoms with Crippen LogP contribution in [0.1, 0.15) is 16.7 Å². The minimum Gasteiger partial charge on any atom is -0.467 e. The van der Waals surface area contributed by atoms with Crippen LogP contribution >= 0.6 is 0 Å². The number of nitrogens with zero attached hydrogens (tertiary/aromatic N) is 3. The zero-order valence-corrected chi connectivity index (χ0v) is 19.9. The zero-order valence-electron chi connectivity index (χ0n) is 19.9. The Morgan fingerprint density at radius 2 is 1.66 bits per heavy atom. The minimum absolute atomic E-state index is 0.142. The number of fused-ring (bicyclic) bond motifs is 1. The number of hydrogen-bond acceptors (Lipinski definition) is 4. The predicted molar refractivity (Wildman–Crippen MR) is 139 cm³/mol. The highest BCUT2D eigenvalue weighted by atomic mass is 16.5. The number of carbonyl (C=O) groups excluding carboxylic acids is 1. The third-order valence-electron chi connectivity index (χ3n) is 5.87. The third-order valence-corrected chi connectivity index (χ3v) is 5.87. The Labute approximate surface area is 204 Å². The second kappa shape index (κ2) is 9.43. The Bertz CT molecular complexity index is 1520. The van der Waals surface area contributed by atoms with E-state index in [1.165, 1.54) is 0 Å². The van der Waals surface area contributed by atoms with Gasteiger partial charge in [0.05, 0.1) is 11.1 Å². The molecule has 3 aromatic carbocycles. The van der Waals surface area contributed by atoms with E-state index in [4.69, 9.17) is 14.8 Å². The van der Waals surface area contributed by atoms with Gasteiger partial charge in [0.2, 0.25) is 5.88 Å². The van der Waals surface area contributed by atoms with Crippen molar-refractivity contribution < 1.29 is 9.53 Å². The van der Waals surface area contributed by atoms with E-state index in [1.54, 1.807) is 0 Å². The Hall–Kier alpha value is -4.45. The molecule has 0 unspecified atom stereocenters. The average Bonchev–Trinajstić information content (AvgIpc) is 3.25. The van der Waals surface area contributed by atoms with Gasteiger partial charge in [-0.05, 0) is 56.2 Å². The van der Waals surface area contributed by atoms with Crippen molar-refractivity contribution in [3.8, 4) is 22.8 Å². The number of carbonyl (C=O) groups is 1. The molecule has 0 atom stereocenters. The second-order valence-corrected chi connectivity index (χ2v) is 8.59. The third kappa shape index (κ3) is 4.64. The lowest BCUT2D eigenvalue weighted by Gasteiger charge is -2.10. The summed E-state index contributed by atoms with van der Waals surface area (Å²) in [6.07, 6.45) is 0. The normalized spacial score (nSPS) is 10.9. The number of pyridine rings is 1. The molecule has 174 valence electrons. The Balaban J connectivity index is 1.51. The van der Waals surface area contributed by atoms with Gasteiger partial charge in [0.1, 0.15) is 5.69 Å². The van der Waals surface area contributed by atoms with E-state index in [-0.39, 0.29) is 12.5 Å². The fraction of sp³-hybridized carbons (Fsp3) is 0.138. The first-order valence-corrected chi connectivity index (χ1v) is 11.5. The maximum Gasteiger partial charge on any atom is 0.262 e. The van der Waals surface area contributed by atoms with Crippen molar-refractivity contribution >= 4 is 22.6 Å². The number of amides is 1. The molecule has 6 nitrogen and oxygen atoms in total. The summed E-state index contributed by atoms with van der Waals surface area (Å²) >= 11 is 0. The molecule has 0 aliphatic rings. The molecule has 0 bridgehead atoms. The quantitative estimate of drug-likeness (QED) is 0.334. The fourth-order valence-corrected chi connectivity index (χ4v) is 4.13. The summed E-state index contributed by atoms with van der Waals surface area (Å²) in [6.45, 7) is 5.89. The number of hydrogen-bond donors (Lipinski definition) is 1. The molecular weight excluding hydrogens is 436 g/mol. The molecule has 1 N–H and O–H groups in total. The van der Waals surface area contributed by atoms with Crippen LogP contribution in [0.3, 0.4) is 0 Å². The average molecular weight is 463 g/mol. The van der Waals surface area contributed by atoms with Crippen LogP contribution in [0.5, 0.6) is 5.88 Å². The number of para-hydroxylation sites is 2. The van der Waals surface area contributed by atoms with E-state index in [1.807, 2.05) is 85.3 Å². The number of nitrogens with one attached hydrogen (secondary N) is 1. The van der Waals surface area contributed by atoms with Crippen LogP contribution < -0.4 is 10.1 Å². The number of aromatic nitrogens is 3. The van der Waals surface area contributed by atoms with Gasteiger partial charge in [-0.3, -0.25) is 4.79 Å². The Morgan fingerprint density at radius 3 is 2.43 bits per heavy atom. The molecule has 0 saturated heterocycles. The molecule has 0 aliphatic carbocycles. The van der Waals surface area contributed by atoms with E-state index in [9.17, 15) is 4.79 Å². The molecule has 0 saturated carbocycles. The maximum absolute atomic E-state index is 12.5. The van der Waals surface area contributed by atoms with Crippen molar-refractivity contribution in [2.24, 2.45) is 0 Å². The highest BCUT2D eigenvalue weighted by Gasteiger charge is 2.19. The van der Waals surface area contributed by atoms with E-state index < -0.39 is 0 Å². The highest BCUT2D eigenvalue weighted by Crippen LogP contribution is 2.33. The number of benzene rings is 3. The summed E-state index contributed by atoms with van der Waals surface area (Å²) in [7, 11) is 0. The maximum atomic E-state index is 12.5. The van der Waals surface area contributed by atoms with Gasteiger partial charge in [-0.25, -0.2) is 4.68 Å². The topological polar surface area (TPSA) is 69.0 Å². The molecule has 0 aliphatic heterocycles. The van der Waals surface area contributed by atoms with Crippen molar-refractivity contribution in [1.82, 2.24) is 14.8 Å². The molecule has 0 radical (unpaired) electrons. The molecular formula is C29H26N4O2. The van der Waals surface area contributed by atoms with Gasteiger partial charge in [-0.2, -0.15) is 10.1 Å². The fourth-order valence-electron chi connectivity index (χ4n) is 4.13. The molecule has 0 fully saturated rings. The number of aryl methyl sites for hydroxylation is 3. The van der Waals surface area contributed by atoms with E-state index in [0.29, 0.717) is 11.5 Å². The molecule has 6 heteroatoms. The Kier molecular flexibility index (Phi) is 6.02. The molecule has 5 aromatic rings.